The average Bonchev–Trinajstić information content (AvgIpc) is 2.64. The number of nitro groups is 2. The number of nitro benzene ring substituents is 2. The molecule has 10 heteroatoms. The van der Waals surface area contributed by atoms with Gasteiger partial charge in [-0.15, -0.1) is 0 Å². The molecule has 27 heavy (non-hydrogen) atoms. The standard InChI is InChI=1S/C17H19N5O5/c1-20(2)15-8-7-12(21(24)25)11-13(15)17(23)19-10-9-18-14-5-3-4-6-16(14)22(26)27/h3-8,11,18H,9-10H2,1-2H3,(H,19,23). The van der Waals surface area contributed by atoms with E-state index >= 15 is 0 Å². The van der Waals surface area contributed by atoms with Gasteiger partial charge in [-0.2, -0.15) is 0 Å². The quantitative estimate of drug-likeness (QED) is 0.413. The number of anilines is 2. The summed E-state index contributed by atoms with van der Waals surface area (Å²) in [6, 6.07) is 10.3. The zero-order chi connectivity index (χ0) is 20.0. The maximum absolute atomic E-state index is 12.4. The summed E-state index contributed by atoms with van der Waals surface area (Å²) in [6.07, 6.45) is 0. The Hall–Kier alpha value is -3.69. The fraction of sp³-hybridized carbons (Fsp3) is 0.235. The molecule has 2 rings (SSSR count). The molecule has 10 nitrogen and oxygen atoms in total. The number of para-hydroxylation sites is 2. The first-order chi connectivity index (χ1) is 12.8. The Labute approximate surface area is 155 Å². The smallest absolute Gasteiger partial charge is 0.292 e. The largest absolute Gasteiger partial charge is 0.378 e. The molecule has 0 saturated heterocycles. The molecule has 0 atom stereocenters. The summed E-state index contributed by atoms with van der Waals surface area (Å²) < 4.78 is 0. The van der Waals surface area contributed by atoms with Crippen molar-refractivity contribution in [1.29, 1.82) is 0 Å². The van der Waals surface area contributed by atoms with E-state index < -0.39 is 15.8 Å². The second kappa shape index (κ2) is 8.61. The molecule has 1 amide bonds. The van der Waals surface area contributed by atoms with Gasteiger partial charge in [-0.3, -0.25) is 25.0 Å². The van der Waals surface area contributed by atoms with Crippen LogP contribution in [-0.4, -0.2) is 42.9 Å². The highest BCUT2D eigenvalue weighted by Gasteiger charge is 2.18. The number of nitrogens with zero attached hydrogens (tertiary/aromatic N) is 3. The van der Waals surface area contributed by atoms with E-state index in [1.54, 1.807) is 37.2 Å². The van der Waals surface area contributed by atoms with E-state index in [2.05, 4.69) is 10.6 Å². The van der Waals surface area contributed by atoms with Gasteiger partial charge in [-0.25, -0.2) is 0 Å². The Balaban J connectivity index is 2.03. The number of nitrogens with one attached hydrogen (secondary N) is 2. The van der Waals surface area contributed by atoms with Crippen LogP contribution in [0.4, 0.5) is 22.7 Å². The molecule has 0 heterocycles. The van der Waals surface area contributed by atoms with Crippen molar-refractivity contribution in [2.45, 2.75) is 0 Å². The van der Waals surface area contributed by atoms with Gasteiger partial charge in [0.2, 0.25) is 0 Å². The molecule has 0 radical (unpaired) electrons. The summed E-state index contributed by atoms with van der Waals surface area (Å²) in [5, 5.41) is 27.5. The molecule has 0 bridgehead atoms. The van der Waals surface area contributed by atoms with Crippen LogP contribution in [0.1, 0.15) is 10.4 Å². The molecule has 0 saturated carbocycles. The Morgan fingerprint density at radius 2 is 1.74 bits per heavy atom. The second-order valence-corrected chi connectivity index (χ2v) is 5.81. The van der Waals surface area contributed by atoms with Crippen molar-refractivity contribution in [3.8, 4) is 0 Å². The highest BCUT2D eigenvalue weighted by molar-refractivity contribution is 6.00. The molecular formula is C17H19N5O5. The van der Waals surface area contributed by atoms with Crippen LogP contribution < -0.4 is 15.5 Å². The minimum Gasteiger partial charge on any atom is -0.378 e. The second-order valence-electron chi connectivity index (χ2n) is 5.81. The van der Waals surface area contributed by atoms with Crippen molar-refractivity contribution < 1.29 is 14.6 Å². The number of benzene rings is 2. The van der Waals surface area contributed by atoms with Gasteiger partial charge in [0.15, 0.2) is 0 Å². The van der Waals surface area contributed by atoms with Gasteiger partial charge in [0.25, 0.3) is 17.3 Å². The van der Waals surface area contributed by atoms with Crippen molar-refractivity contribution in [2.24, 2.45) is 0 Å². The Morgan fingerprint density at radius 3 is 2.37 bits per heavy atom. The number of carbonyl (C=O) groups is 1. The first kappa shape index (κ1) is 19.6. The third kappa shape index (κ3) is 4.91. The lowest BCUT2D eigenvalue weighted by molar-refractivity contribution is -0.384. The molecule has 2 aromatic carbocycles. The lowest BCUT2D eigenvalue weighted by Gasteiger charge is -2.17. The van der Waals surface area contributed by atoms with Gasteiger partial charge in [-0.1, -0.05) is 12.1 Å². The van der Waals surface area contributed by atoms with Crippen LogP contribution in [0.5, 0.6) is 0 Å². The maximum atomic E-state index is 12.4. The summed E-state index contributed by atoms with van der Waals surface area (Å²) in [7, 11) is 3.46. The Bertz CT molecular complexity index is 869. The number of rotatable bonds is 8. The highest BCUT2D eigenvalue weighted by atomic mass is 16.6. The van der Waals surface area contributed by atoms with Gasteiger partial charge in [0.05, 0.1) is 15.4 Å². The van der Waals surface area contributed by atoms with Gasteiger partial charge in [0.1, 0.15) is 5.69 Å². The number of non-ortho nitro benzene ring substituents is 1. The lowest BCUT2D eigenvalue weighted by Crippen LogP contribution is -2.30. The van der Waals surface area contributed by atoms with Crippen LogP contribution in [0.3, 0.4) is 0 Å². The molecule has 0 aliphatic rings. The molecule has 2 aromatic rings. The minimum atomic E-state index is -0.563. The number of amides is 1. The average molecular weight is 373 g/mol. The summed E-state index contributed by atoms with van der Waals surface area (Å²) in [5.74, 6) is -0.466. The molecule has 0 aliphatic heterocycles. The SMILES string of the molecule is CN(C)c1ccc([N+](=O)[O-])cc1C(=O)NCCNc1ccccc1[N+](=O)[O-]. The topological polar surface area (TPSA) is 131 Å². The van der Waals surface area contributed by atoms with Crippen molar-refractivity contribution in [3.63, 3.8) is 0 Å². The van der Waals surface area contributed by atoms with Crippen molar-refractivity contribution in [1.82, 2.24) is 5.32 Å². The third-order valence-corrected chi connectivity index (χ3v) is 3.74. The monoisotopic (exact) mass is 373 g/mol. The fourth-order valence-electron chi connectivity index (χ4n) is 2.46. The van der Waals surface area contributed by atoms with Crippen molar-refractivity contribution >= 4 is 28.7 Å². The van der Waals surface area contributed by atoms with E-state index in [4.69, 9.17) is 0 Å². The van der Waals surface area contributed by atoms with Crippen molar-refractivity contribution in [2.75, 3.05) is 37.4 Å². The van der Waals surface area contributed by atoms with E-state index in [9.17, 15) is 25.0 Å². The normalized spacial score (nSPS) is 10.1. The molecule has 0 spiro atoms. The molecule has 0 fully saturated rings. The fourth-order valence-corrected chi connectivity index (χ4v) is 2.46. The number of hydrogen-bond acceptors (Lipinski definition) is 7. The van der Waals surface area contributed by atoms with E-state index in [0.29, 0.717) is 11.4 Å². The highest BCUT2D eigenvalue weighted by Crippen LogP contribution is 2.24. The predicted octanol–water partition coefficient (Wildman–Crippen LogP) is 2.41. The Kier molecular flexibility index (Phi) is 6.26. The van der Waals surface area contributed by atoms with Gasteiger partial charge >= 0.3 is 0 Å². The third-order valence-electron chi connectivity index (χ3n) is 3.74. The number of carbonyl (C=O) groups excluding carboxylic acids is 1. The molecule has 0 aliphatic carbocycles. The summed E-state index contributed by atoms with van der Waals surface area (Å²) in [4.78, 5) is 35.0. The summed E-state index contributed by atoms with van der Waals surface area (Å²) in [5.41, 5.74) is 0.840. The van der Waals surface area contributed by atoms with E-state index in [0.717, 1.165) is 0 Å². The molecule has 142 valence electrons. The van der Waals surface area contributed by atoms with Crippen LogP contribution in [0.15, 0.2) is 42.5 Å². The molecule has 0 unspecified atom stereocenters. The predicted molar refractivity (Wildman–Crippen MR) is 101 cm³/mol. The molecule has 0 aromatic heterocycles. The van der Waals surface area contributed by atoms with E-state index in [1.165, 1.54) is 24.3 Å². The zero-order valence-corrected chi connectivity index (χ0v) is 14.8. The maximum Gasteiger partial charge on any atom is 0.292 e. The van der Waals surface area contributed by atoms with Crippen LogP contribution in [-0.2, 0) is 0 Å². The van der Waals surface area contributed by atoms with Gasteiger partial charge < -0.3 is 15.5 Å². The first-order valence-corrected chi connectivity index (χ1v) is 8.02. The minimum absolute atomic E-state index is 0.0580. The van der Waals surface area contributed by atoms with Gasteiger partial charge in [0, 0.05) is 51.1 Å². The zero-order valence-electron chi connectivity index (χ0n) is 14.8. The van der Waals surface area contributed by atoms with Crippen LogP contribution in [0.2, 0.25) is 0 Å². The number of hydrogen-bond donors (Lipinski definition) is 2. The van der Waals surface area contributed by atoms with Crippen LogP contribution in [0.25, 0.3) is 0 Å². The lowest BCUT2D eigenvalue weighted by atomic mass is 10.1. The first-order valence-electron chi connectivity index (χ1n) is 8.02. The van der Waals surface area contributed by atoms with Crippen LogP contribution in [0, 0.1) is 20.2 Å². The van der Waals surface area contributed by atoms with Crippen molar-refractivity contribution in [3.05, 3.63) is 68.3 Å². The Morgan fingerprint density at radius 1 is 1.04 bits per heavy atom. The summed E-state index contributed by atoms with van der Waals surface area (Å²) >= 11 is 0. The summed E-state index contributed by atoms with van der Waals surface area (Å²) in [6.45, 7) is 0.434. The van der Waals surface area contributed by atoms with E-state index in [-0.39, 0.29) is 30.0 Å². The van der Waals surface area contributed by atoms with Crippen LogP contribution >= 0.6 is 0 Å². The van der Waals surface area contributed by atoms with Gasteiger partial charge in [-0.05, 0) is 12.1 Å². The molecule has 2 N–H and O–H groups in total. The van der Waals surface area contributed by atoms with E-state index in [1.807, 2.05) is 0 Å². The molecular weight excluding hydrogens is 354 g/mol.